The predicted molar refractivity (Wildman–Crippen MR) is 97.9 cm³/mol. The van der Waals surface area contributed by atoms with Crippen molar-refractivity contribution < 1.29 is 14.4 Å². The Labute approximate surface area is 148 Å². The molecule has 2 aromatic rings. The highest BCUT2D eigenvalue weighted by Crippen LogP contribution is 2.21. The Morgan fingerprint density at radius 3 is 2.54 bits per heavy atom. The average molecular weight is 348 g/mol. The van der Waals surface area contributed by atoms with Crippen LogP contribution in [0, 0.1) is 0 Å². The molecular weight excluding hydrogens is 324 g/mol. The fraction of sp³-hybridized carbons (Fsp3) is 0.316. The molecule has 128 valence electrons. The number of carbonyl (C=O) groups is 1. The first-order chi connectivity index (χ1) is 11.5. The predicted octanol–water partition coefficient (Wildman–Crippen LogP) is 2.56. The third kappa shape index (κ3) is 5.25. The number of aryl methyl sites for hydroxylation is 1. The van der Waals surface area contributed by atoms with E-state index in [1.807, 2.05) is 43.4 Å². The fourth-order valence-electron chi connectivity index (χ4n) is 2.58. The van der Waals surface area contributed by atoms with Gasteiger partial charge in [0, 0.05) is 16.3 Å². The zero-order chi connectivity index (χ0) is 17.5. The van der Waals surface area contributed by atoms with Crippen molar-refractivity contribution in [1.29, 1.82) is 0 Å². The van der Waals surface area contributed by atoms with Crippen LogP contribution < -0.4 is 15.0 Å². The van der Waals surface area contributed by atoms with Gasteiger partial charge in [-0.1, -0.05) is 30.7 Å². The van der Waals surface area contributed by atoms with Crippen LogP contribution in [0.1, 0.15) is 18.1 Å². The molecule has 0 saturated carbocycles. The molecule has 24 heavy (non-hydrogen) atoms. The summed E-state index contributed by atoms with van der Waals surface area (Å²) in [6.07, 6.45) is 0.989. The van der Waals surface area contributed by atoms with Crippen molar-refractivity contribution in [1.82, 2.24) is 0 Å². The molecule has 5 heteroatoms. The van der Waals surface area contributed by atoms with Crippen LogP contribution in [0.4, 0.5) is 5.69 Å². The van der Waals surface area contributed by atoms with Gasteiger partial charge in [0.1, 0.15) is 12.3 Å². The van der Waals surface area contributed by atoms with Gasteiger partial charge in [-0.2, -0.15) is 0 Å². The van der Waals surface area contributed by atoms with Crippen molar-refractivity contribution in [3.05, 3.63) is 58.6 Å². The summed E-state index contributed by atoms with van der Waals surface area (Å²) in [6.45, 7) is 3.13. The Bertz CT molecular complexity index is 686. The Hall–Kier alpha value is -2.04. The van der Waals surface area contributed by atoms with Gasteiger partial charge in [0.2, 0.25) is 0 Å². The number of hydrogen-bond acceptors (Lipinski definition) is 2. The zero-order valence-electron chi connectivity index (χ0n) is 14.4. The van der Waals surface area contributed by atoms with Crippen molar-refractivity contribution in [2.45, 2.75) is 19.9 Å². The average Bonchev–Trinajstić information content (AvgIpc) is 2.55. The van der Waals surface area contributed by atoms with Crippen molar-refractivity contribution in [3.63, 3.8) is 0 Å². The van der Waals surface area contributed by atoms with Crippen LogP contribution in [0.2, 0.25) is 5.02 Å². The van der Waals surface area contributed by atoms with E-state index < -0.39 is 0 Å². The van der Waals surface area contributed by atoms with Gasteiger partial charge in [-0.25, -0.2) is 0 Å². The summed E-state index contributed by atoms with van der Waals surface area (Å²) in [5.74, 6) is 0.770. The van der Waals surface area contributed by atoms with Gasteiger partial charge < -0.3 is 15.0 Å². The van der Waals surface area contributed by atoms with Gasteiger partial charge in [0.25, 0.3) is 5.91 Å². The highest BCUT2D eigenvalue weighted by molar-refractivity contribution is 6.30. The molecule has 0 aliphatic rings. The molecular formula is C19H24ClN2O2+. The second kappa shape index (κ2) is 8.71. The summed E-state index contributed by atoms with van der Waals surface area (Å²) in [4.78, 5) is 13.3. The summed E-state index contributed by atoms with van der Waals surface area (Å²) in [6, 6.07) is 13.5. The summed E-state index contributed by atoms with van der Waals surface area (Å²) in [5.41, 5.74) is 3.07. The lowest BCUT2D eigenvalue weighted by Crippen LogP contribution is -3.08. The minimum absolute atomic E-state index is 0.0160. The molecule has 0 spiro atoms. The smallest absolute Gasteiger partial charge is 0.279 e. The molecule has 0 radical (unpaired) electrons. The molecule has 0 bridgehead atoms. The van der Waals surface area contributed by atoms with E-state index in [2.05, 4.69) is 12.2 Å². The fourth-order valence-corrected chi connectivity index (χ4v) is 2.77. The van der Waals surface area contributed by atoms with E-state index in [-0.39, 0.29) is 5.91 Å². The highest BCUT2D eigenvalue weighted by atomic mass is 35.5. The molecule has 2 rings (SSSR count). The lowest BCUT2D eigenvalue weighted by Gasteiger charge is -2.16. The summed E-state index contributed by atoms with van der Waals surface area (Å²) in [7, 11) is 3.61. The summed E-state index contributed by atoms with van der Waals surface area (Å²) < 4.78 is 5.35. The van der Waals surface area contributed by atoms with E-state index in [4.69, 9.17) is 16.3 Å². The molecule has 0 heterocycles. The van der Waals surface area contributed by atoms with Crippen LogP contribution >= 0.6 is 11.6 Å². The molecule has 0 saturated heterocycles. The van der Waals surface area contributed by atoms with Gasteiger partial charge in [-0.05, 0) is 42.3 Å². The van der Waals surface area contributed by atoms with E-state index in [9.17, 15) is 4.79 Å². The first-order valence-corrected chi connectivity index (χ1v) is 8.42. The number of halogens is 1. The van der Waals surface area contributed by atoms with Crippen molar-refractivity contribution in [2.24, 2.45) is 0 Å². The number of ether oxygens (including phenoxy) is 1. The first-order valence-electron chi connectivity index (χ1n) is 8.04. The number of amides is 1. The monoisotopic (exact) mass is 347 g/mol. The van der Waals surface area contributed by atoms with E-state index in [1.165, 1.54) is 5.56 Å². The summed E-state index contributed by atoms with van der Waals surface area (Å²) in [5, 5.41) is 3.60. The number of nitrogens with one attached hydrogen (secondary N) is 2. The molecule has 0 fully saturated rings. The van der Waals surface area contributed by atoms with Crippen LogP contribution in [0.25, 0.3) is 0 Å². The molecule has 1 atom stereocenters. The van der Waals surface area contributed by atoms with Crippen LogP contribution in [-0.2, 0) is 17.8 Å². The SMILES string of the molecule is CCc1ccc(NC(=O)C[NH+](C)Cc2cc(Cl)ccc2OC)cc1. The second-order valence-corrected chi connectivity index (χ2v) is 6.30. The van der Waals surface area contributed by atoms with Crippen molar-refractivity contribution in [2.75, 3.05) is 26.0 Å². The lowest BCUT2D eigenvalue weighted by molar-refractivity contribution is -0.885. The number of benzene rings is 2. The number of methoxy groups -OCH3 is 1. The van der Waals surface area contributed by atoms with Gasteiger partial charge in [0.15, 0.2) is 6.54 Å². The number of likely N-dealkylation sites (N-methyl/N-ethyl adjacent to an activating group) is 1. The van der Waals surface area contributed by atoms with Crippen molar-refractivity contribution in [3.8, 4) is 5.75 Å². The standard InChI is InChI=1S/C19H23ClN2O2/c1-4-14-5-8-17(9-6-14)21-19(23)13-22(2)12-15-11-16(20)7-10-18(15)24-3/h5-11H,4,12-13H2,1-3H3,(H,21,23)/p+1. The molecule has 1 amide bonds. The molecule has 1 unspecified atom stereocenters. The lowest BCUT2D eigenvalue weighted by atomic mass is 10.1. The maximum absolute atomic E-state index is 12.2. The molecule has 4 nitrogen and oxygen atoms in total. The van der Waals surface area contributed by atoms with Crippen LogP contribution in [0.5, 0.6) is 5.75 Å². The first kappa shape index (κ1) is 18.3. The maximum atomic E-state index is 12.2. The van der Waals surface area contributed by atoms with E-state index in [0.717, 1.165) is 28.3 Å². The third-order valence-electron chi connectivity index (χ3n) is 3.84. The van der Waals surface area contributed by atoms with E-state index >= 15 is 0 Å². The minimum atomic E-state index is -0.0160. The van der Waals surface area contributed by atoms with Gasteiger partial charge in [-0.15, -0.1) is 0 Å². The number of anilines is 1. The molecule has 0 aromatic heterocycles. The Morgan fingerprint density at radius 2 is 1.92 bits per heavy atom. The van der Waals surface area contributed by atoms with Gasteiger partial charge in [-0.3, -0.25) is 4.79 Å². The van der Waals surface area contributed by atoms with E-state index in [0.29, 0.717) is 18.1 Å². The van der Waals surface area contributed by atoms with E-state index in [1.54, 1.807) is 13.2 Å². The molecule has 2 N–H and O–H groups in total. The van der Waals surface area contributed by atoms with Crippen LogP contribution in [0.3, 0.4) is 0 Å². The second-order valence-electron chi connectivity index (χ2n) is 5.87. The molecule has 2 aromatic carbocycles. The quantitative estimate of drug-likeness (QED) is 0.808. The van der Waals surface area contributed by atoms with Gasteiger partial charge >= 0.3 is 0 Å². The highest BCUT2D eigenvalue weighted by Gasteiger charge is 2.14. The number of quaternary nitrogens is 1. The summed E-state index contributed by atoms with van der Waals surface area (Å²) >= 11 is 6.05. The minimum Gasteiger partial charge on any atom is -0.496 e. The topological polar surface area (TPSA) is 42.8 Å². The van der Waals surface area contributed by atoms with Crippen molar-refractivity contribution >= 4 is 23.2 Å². The Balaban J connectivity index is 1.92. The van der Waals surface area contributed by atoms with Crippen LogP contribution in [-0.4, -0.2) is 26.6 Å². The number of rotatable bonds is 7. The van der Waals surface area contributed by atoms with Gasteiger partial charge in [0.05, 0.1) is 14.2 Å². The number of carbonyl (C=O) groups excluding carboxylic acids is 1. The maximum Gasteiger partial charge on any atom is 0.279 e. The third-order valence-corrected chi connectivity index (χ3v) is 4.08. The normalized spacial score (nSPS) is 11.8. The largest absolute Gasteiger partial charge is 0.496 e. The Kier molecular flexibility index (Phi) is 6.64. The molecule has 0 aliphatic carbocycles. The Morgan fingerprint density at radius 1 is 1.21 bits per heavy atom. The van der Waals surface area contributed by atoms with Crippen LogP contribution in [0.15, 0.2) is 42.5 Å². The zero-order valence-corrected chi connectivity index (χ0v) is 15.1. The molecule has 0 aliphatic heterocycles. The number of hydrogen-bond donors (Lipinski definition) is 2.